The SMILES string of the molecule is CC(O)(CO)CNc1ccc(N)nc1. The highest BCUT2D eigenvalue weighted by atomic mass is 16.3. The van der Waals surface area contributed by atoms with E-state index in [4.69, 9.17) is 10.8 Å². The van der Waals surface area contributed by atoms with Crippen molar-refractivity contribution in [3.05, 3.63) is 18.3 Å². The lowest BCUT2D eigenvalue weighted by Crippen LogP contribution is -2.37. The quantitative estimate of drug-likeness (QED) is 0.537. The van der Waals surface area contributed by atoms with Crippen LogP contribution in [0.2, 0.25) is 0 Å². The first-order valence-electron chi connectivity index (χ1n) is 4.32. The van der Waals surface area contributed by atoms with Gasteiger partial charge in [0.05, 0.1) is 18.5 Å². The lowest BCUT2D eigenvalue weighted by atomic mass is 10.1. The molecule has 0 aliphatic carbocycles. The van der Waals surface area contributed by atoms with Crippen LogP contribution >= 0.6 is 0 Å². The first kappa shape index (κ1) is 10.7. The molecule has 1 atom stereocenters. The van der Waals surface area contributed by atoms with Crippen LogP contribution < -0.4 is 11.1 Å². The number of nitrogen functional groups attached to an aromatic ring is 1. The first-order valence-corrected chi connectivity index (χ1v) is 4.32. The summed E-state index contributed by atoms with van der Waals surface area (Å²) in [5.74, 6) is 0.449. The summed E-state index contributed by atoms with van der Waals surface area (Å²) in [6.07, 6.45) is 1.57. The maximum absolute atomic E-state index is 9.48. The third-order valence-corrected chi connectivity index (χ3v) is 1.80. The number of nitrogens with one attached hydrogen (secondary N) is 1. The Bertz CT molecular complexity index is 285. The highest BCUT2D eigenvalue weighted by molar-refractivity contribution is 5.45. The van der Waals surface area contributed by atoms with E-state index in [0.717, 1.165) is 5.69 Å². The van der Waals surface area contributed by atoms with E-state index in [0.29, 0.717) is 5.82 Å². The van der Waals surface area contributed by atoms with E-state index in [1.165, 1.54) is 0 Å². The van der Waals surface area contributed by atoms with E-state index < -0.39 is 5.60 Å². The van der Waals surface area contributed by atoms with Crippen molar-refractivity contribution in [1.82, 2.24) is 4.98 Å². The van der Waals surface area contributed by atoms with Crippen molar-refractivity contribution in [2.75, 3.05) is 24.2 Å². The van der Waals surface area contributed by atoms with Gasteiger partial charge in [0.1, 0.15) is 11.4 Å². The topological polar surface area (TPSA) is 91.4 Å². The Balaban J connectivity index is 2.50. The van der Waals surface area contributed by atoms with Gasteiger partial charge >= 0.3 is 0 Å². The summed E-state index contributed by atoms with van der Waals surface area (Å²) in [5, 5.41) is 21.2. The smallest absolute Gasteiger partial charge is 0.123 e. The summed E-state index contributed by atoms with van der Waals surface area (Å²) in [6.45, 7) is 1.52. The third-order valence-electron chi connectivity index (χ3n) is 1.80. The number of anilines is 2. The normalized spacial score (nSPS) is 14.8. The van der Waals surface area contributed by atoms with Gasteiger partial charge in [-0.1, -0.05) is 0 Å². The third kappa shape index (κ3) is 3.20. The van der Waals surface area contributed by atoms with Crippen molar-refractivity contribution in [2.24, 2.45) is 0 Å². The molecule has 0 saturated carbocycles. The second-order valence-electron chi connectivity index (χ2n) is 3.48. The van der Waals surface area contributed by atoms with Crippen LogP contribution in [0, 0.1) is 0 Å². The molecule has 14 heavy (non-hydrogen) atoms. The molecule has 0 fully saturated rings. The van der Waals surface area contributed by atoms with Gasteiger partial charge < -0.3 is 21.3 Å². The summed E-state index contributed by atoms with van der Waals surface area (Å²) in [5.41, 5.74) is 5.04. The molecule has 0 radical (unpaired) electrons. The van der Waals surface area contributed by atoms with Crippen LogP contribution in [0.4, 0.5) is 11.5 Å². The van der Waals surface area contributed by atoms with E-state index in [-0.39, 0.29) is 13.2 Å². The molecule has 1 aromatic rings. The Labute approximate surface area is 82.6 Å². The highest BCUT2D eigenvalue weighted by Crippen LogP contribution is 2.09. The van der Waals surface area contributed by atoms with Gasteiger partial charge in [0.2, 0.25) is 0 Å². The monoisotopic (exact) mass is 197 g/mol. The minimum atomic E-state index is -1.12. The van der Waals surface area contributed by atoms with E-state index in [9.17, 15) is 5.11 Å². The summed E-state index contributed by atoms with van der Waals surface area (Å²) in [7, 11) is 0. The van der Waals surface area contributed by atoms with Crippen LogP contribution in [0.5, 0.6) is 0 Å². The Morgan fingerprint density at radius 1 is 1.57 bits per heavy atom. The van der Waals surface area contributed by atoms with Crippen molar-refractivity contribution in [3.8, 4) is 0 Å². The van der Waals surface area contributed by atoms with Gasteiger partial charge in [0.25, 0.3) is 0 Å². The second-order valence-corrected chi connectivity index (χ2v) is 3.48. The molecule has 5 nitrogen and oxygen atoms in total. The highest BCUT2D eigenvalue weighted by Gasteiger charge is 2.18. The predicted octanol–water partition coefficient (Wildman–Crippen LogP) is -0.181. The van der Waals surface area contributed by atoms with Crippen LogP contribution in [0.3, 0.4) is 0 Å². The fourth-order valence-corrected chi connectivity index (χ4v) is 0.858. The zero-order chi connectivity index (χ0) is 10.6. The molecule has 0 aliphatic heterocycles. The van der Waals surface area contributed by atoms with Crippen molar-refractivity contribution < 1.29 is 10.2 Å². The zero-order valence-electron chi connectivity index (χ0n) is 8.07. The van der Waals surface area contributed by atoms with Crippen LogP contribution in [-0.4, -0.2) is 33.9 Å². The number of rotatable bonds is 4. The molecular weight excluding hydrogens is 182 g/mol. The maximum Gasteiger partial charge on any atom is 0.123 e. The summed E-state index contributed by atoms with van der Waals surface area (Å²) in [4.78, 5) is 3.88. The van der Waals surface area contributed by atoms with Gasteiger partial charge in [-0.2, -0.15) is 0 Å². The molecule has 5 heteroatoms. The second kappa shape index (κ2) is 4.26. The molecule has 1 rings (SSSR count). The number of nitrogens with two attached hydrogens (primary N) is 1. The average molecular weight is 197 g/mol. The Hall–Kier alpha value is -1.33. The zero-order valence-corrected chi connectivity index (χ0v) is 8.07. The van der Waals surface area contributed by atoms with Gasteiger partial charge in [-0.15, -0.1) is 0 Å². The molecule has 0 aliphatic rings. The molecule has 0 amide bonds. The van der Waals surface area contributed by atoms with Crippen molar-refractivity contribution in [2.45, 2.75) is 12.5 Å². The lowest BCUT2D eigenvalue weighted by molar-refractivity contribution is 0.0132. The number of hydrogen-bond acceptors (Lipinski definition) is 5. The molecule has 0 aromatic carbocycles. The number of pyridine rings is 1. The van der Waals surface area contributed by atoms with Gasteiger partial charge in [-0.05, 0) is 19.1 Å². The number of aliphatic hydroxyl groups is 2. The molecular formula is C9H15N3O2. The van der Waals surface area contributed by atoms with Gasteiger partial charge in [-0.3, -0.25) is 0 Å². The van der Waals surface area contributed by atoms with Crippen LogP contribution in [0.1, 0.15) is 6.92 Å². The molecule has 5 N–H and O–H groups in total. The van der Waals surface area contributed by atoms with E-state index in [2.05, 4.69) is 10.3 Å². The fourth-order valence-electron chi connectivity index (χ4n) is 0.858. The summed E-state index contributed by atoms with van der Waals surface area (Å²) >= 11 is 0. The van der Waals surface area contributed by atoms with Crippen LogP contribution in [0.15, 0.2) is 18.3 Å². The van der Waals surface area contributed by atoms with Crippen LogP contribution in [-0.2, 0) is 0 Å². The summed E-state index contributed by atoms with van der Waals surface area (Å²) in [6, 6.07) is 3.42. The predicted molar refractivity (Wildman–Crippen MR) is 54.8 cm³/mol. The fraction of sp³-hybridized carbons (Fsp3) is 0.444. The molecule has 1 heterocycles. The number of aliphatic hydroxyl groups excluding tert-OH is 1. The van der Waals surface area contributed by atoms with Crippen LogP contribution in [0.25, 0.3) is 0 Å². The van der Waals surface area contributed by atoms with E-state index in [1.54, 1.807) is 25.3 Å². The average Bonchev–Trinajstić information content (AvgIpc) is 2.17. The van der Waals surface area contributed by atoms with Crippen molar-refractivity contribution in [1.29, 1.82) is 0 Å². The Kier molecular flexibility index (Phi) is 3.27. The Morgan fingerprint density at radius 3 is 2.79 bits per heavy atom. The molecule has 1 aromatic heterocycles. The van der Waals surface area contributed by atoms with Gasteiger partial charge in [0.15, 0.2) is 0 Å². The molecule has 0 spiro atoms. The first-order chi connectivity index (χ1) is 6.53. The van der Waals surface area contributed by atoms with Gasteiger partial charge in [-0.25, -0.2) is 4.98 Å². The van der Waals surface area contributed by atoms with E-state index >= 15 is 0 Å². The standard InChI is InChI=1S/C9H15N3O2/c1-9(14,6-13)5-12-7-2-3-8(10)11-4-7/h2-4,12-14H,5-6H2,1H3,(H2,10,11). The lowest BCUT2D eigenvalue weighted by Gasteiger charge is -2.21. The molecule has 1 unspecified atom stereocenters. The number of nitrogens with zero attached hydrogens (tertiary/aromatic N) is 1. The number of hydrogen-bond donors (Lipinski definition) is 4. The molecule has 0 bridgehead atoms. The minimum Gasteiger partial charge on any atom is -0.393 e. The van der Waals surface area contributed by atoms with E-state index in [1.807, 2.05) is 0 Å². The minimum absolute atomic E-state index is 0.259. The summed E-state index contributed by atoms with van der Waals surface area (Å²) < 4.78 is 0. The van der Waals surface area contributed by atoms with Crippen molar-refractivity contribution >= 4 is 11.5 Å². The maximum atomic E-state index is 9.48. The molecule has 78 valence electrons. The Morgan fingerprint density at radius 2 is 2.29 bits per heavy atom. The largest absolute Gasteiger partial charge is 0.393 e. The van der Waals surface area contributed by atoms with Gasteiger partial charge in [0, 0.05) is 6.54 Å². The number of aromatic nitrogens is 1. The molecule has 0 saturated heterocycles. The van der Waals surface area contributed by atoms with Crippen molar-refractivity contribution in [3.63, 3.8) is 0 Å².